The molecule has 0 spiro atoms. The number of hydrogen-bond acceptors (Lipinski definition) is 3. The Hall–Kier alpha value is -1.48. The molecule has 0 radical (unpaired) electrons. The Bertz CT molecular complexity index is 534. The van der Waals surface area contributed by atoms with Crippen LogP contribution in [0, 0.1) is 12.8 Å². The lowest BCUT2D eigenvalue weighted by molar-refractivity contribution is 0.489. The summed E-state index contributed by atoms with van der Waals surface area (Å²) in [5.74, 6) is 0.619. The Kier molecular flexibility index (Phi) is 3.92. The number of nitrogens with zero attached hydrogens (tertiary/aromatic N) is 2. The zero-order valence-corrected chi connectivity index (χ0v) is 11.4. The van der Waals surface area contributed by atoms with Gasteiger partial charge >= 0.3 is 0 Å². The molecule has 1 aromatic carbocycles. The van der Waals surface area contributed by atoms with Crippen molar-refractivity contribution in [3.05, 3.63) is 35.7 Å². The molecule has 1 atom stereocenters. The van der Waals surface area contributed by atoms with Crippen LogP contribution in [0.5, 0.6) is 0 Å². The second kappa shape index (κ2) is 5.44. The van der Waals surface area contributed by atoms with Crippen molar-refractivity contribution in [2.75, 3.05) is 0 Å². The minimum atomic E-state index is 0.166. The van der Waals surface area contributed by atoms with Crippen molar-refractivity contribution in [3.8, 4) is 0 Å². The largest absolute Gasteiger partial charge is 0.327 e. The van der Waals surface area contributed by atoms with Crippen molar-refractivity contribution in [2.45, 2.75) is 39.7 Å². The number of fused-ring (bicyclic) bond motifs is 1. The van der Waals surface area contributed by atoms with Gasteiger partial charge in [-0.3, -0.25) is 0 Å². The third-order valence-electron chi connectivity index (χ3n) is 3.07. The first kappa shape index (κ1) is 13.0. The van der Waals surface area contributed by atoms with Crippen LogP contribution in [0.3, 0.4) is 0 Å². The smallest absolute Gasteiger partial charge is 0.0890 e. The standard InChI is InChI=1S/C15H21N3/c1-10(2)8-12(16)9-15-11(3)17-13-6-4-5-7-14(13)18-15/h4-7,10,12H,8-9,16H2,1-3H3. The number of nitrogens with two attached hydrogens (primary N) is 1. The van der Waals surface area contributed by atoms with E-state index < -0.39 is 0 Å². The molecule has 0 saturated heterocycles. The molecular formula is C15H21N3. The fourth-order valence-corrected chi connectivity index (χ4v) is 2.26. The van der Waals surface area contributed by atoms with Gasteiger partial charge in [-0.15, -0.1) is 0 Å². The number of hydrogen-bond donors (Lipinski definition) is 1. The molecule has 2 N–H and O–H groups in total. The molecule has 0 aliphatic rings. The zero-order chi connectivity index (χ0) is 13.1. The molecule has 0 bridgehead atoms. The monoisotopic (exact) mass is 243 g/mol. The predicted octanol–water partition coefficient (Wildman–Crippen LogP) is 2.85. The van der Waals surface area contributed by atoms with Gasteiger partial charge in [0.15, 0.2) is 0 Å². The second-order valence-corrected chi connectivity index (χ2v) is 5.34. The Balaban J connectivity index is 2.25. The highest BCUT2D eigenvalue weighted by atomic mass is 14.8. The summed E-state index contributed by atoms with van der Waals surface area (Å²) < 4.78 is 0. The van der Waals surface area contributed by atoms with Crippen LogP contribution >= 0.6 is 0 Å². The van der Waals surface area contributed by atoms with Crippen LogP contribution in [-0.4, -0.2) is 16.0 Å². The topological polar surface area (TPSA) is 51.8 Å². The van der Waals surface area contributed by atoms with Gasteiger partial charge in [0, 0.05) is 12.5 Å². The van der Waals surface area contributed by atoms with E-state index in [2.05, 4.69) is 23.8 Å². The SMILES string of the molecule is Cc1nc2ccccc2nc1CC(N)CC(C)C. The molecule has 2 rings (SSSR count). The first-order valence-electron chi connectivity index (χ1n) is 6.54. The van der Waals surface area contributed by atoms with E-state index in [1.54, 1.807) is 0 Å². The van der Waals surface area contributed by atoms with E-state index in [0.717, 1.165) is 35.3 Å². The molecule has 0 saturated carbocycles. The molecule has 1 heterocycles. The molecule has 3 heteroatoms. The van der Waals surface area contributed by atoms with E-state index in [0.29, 0.717) is 5.92 Å². The Labute approximate surface area is 108 Å². The van der Waals surface area contributed by atoms with Crippen molar-refractivity contribution >= 4 is 11.0 Å². The van der Waals surface area contributed by atoms with Gasteiger partial charge in [-0.2, -0.15) is 0 Å². The average Bonchev–Trinajstić information content (AvgIpc) is 2.29. The maximum atomic E-state index is 6.15. The predicted molar refractivity (Wildman–Crippen MR) is 75.4 cm³/mol. The summed E-state index contributed by atoms with van der Waals surface area (Å²) in [6.07, 6.45) is 1.83. The number of para-hydroxylation sites is 2. The molecule has 3 nitrogen and oxygen atoms in total. The second-order valence-electron chi connectivity index (χ2n) is 5.34. The van der Waals surface area contributed by atoms with E-state index in [1.807, 2.05) is 31.2 Å². The summed E-state index contributed by atoms with van der Waals surface area (Å²) >= 11 is 0. The summed E-state index contributed by atoms with van der Waals surface area (Å²) in [7, 11) is 0. The van der Waals surface area contributed by atoms with Gasteiger partial charge < -0.3 is 5.73 Å². The van der Waals surface area contributed by atoms with E-state index >= 15 is 0 Å². The van der Waals surface area contributed by atoms with Gasteiger partial charge in [-0.05, 0) is 31.4 Å². The normalized spacial score (nSPS) is 13.2. The van der Waals surface area contributed by atoms with E-state index in [1.165, 1.54) is 0 Å². The molecule has 96 valence electrons. The third-order valence-corrected chi connectivity index (χ3v) is 3.07. The van der Waals surface area contributed by atoms with E-state index in [-0.39, 0.29) is 6.04 Å². The molecule has 0 amide bonds. The van der Waals surface area contributed by atoms with Crippen molar-refractivity contribution in [2.24, 2.45) is 11.7 Å². The minimum absolute atomic E-state index is 0.166. The Morgan fingerprint density at radius 3 is 2.33 bits per heavy atom. The Morgan fingerprint density at radius 1 is 1.11 bits per heavy atom. The molecule has 2 aromatic rings. The molecular weight excluding hydrogens is 222 g/mol. The highest BCUT2D eigenvalue weighted by Crippen LogP contribution is 2.15. The summed E-state index contributed by atoms with van der Waals surface area (Å²) in [5, 5.41) is 0. The first-order chi connectivity index (χ1) is 8.56. The van der Waals surface area contributed by atoms with E-state index in [4.69, 9.17) is 5.73 Å². The van der Waals surface area contributed by atoms with Gasteiger partial charge in [-0.25, -0.2) is 9.97 Å². The number of aryl methyl sites for hydroxylation is 1. The lowest BCUT2D eigenvalue weighted by Crippen LogP contribution is -2.25. The van der Waals surface area contributed by atoms with Gasteiger partial charge in [0.2, 0.25) is 0 Å². The van der Waals surface area contributed by atoms with Gasteiger partial charge in [0.25, 0.3) is 0 Å². The minimum Gasteiger partial charge on any atom is -0.327 e. The summed E-state index contributed by atoms with van der Waals surface area (Å²) in [4.78, 5) is 9.27. The molecule has 0 aliphatic carbocycles. The highest BCUT2D eigenvalue weighted by molar-refractivity contribution is 5.74. The molecule has 0 fully saturated rings. The number of aromatic nitrogens is 2. The average molecular weight is 243 g/mol. The fraction of sp³-hybridized carbons (Fsp3) is 0.467. The maximum Gasteiger partial charge on any atom is 0.0890 e. The van der Waals surface area contributed by atoms with Crippen LogP contribution in [0.25, 0.3) is 11.0 Å². The van der Waals surface area contributed by atoms with Crippen molar-refractivity contribution in [1.82, 2.24) is 9.97 Å². The third kappa shape index (κ3) is 3.05. The zero-order valence-electron chi connectivity index (χ0n) is 11.4. The van der Waals surface area contributed by atoms with Crippen LogP contribution in [0.1, 0.15) is 31.7 Å². The van der Waals surface area contributed by atoms with Gasteiger partial charge in [0.05, 0.1) is 22.4 Å². The molecule has 1 aromatic heterocycles. The lowest BCUT2D eigenvalue weighted by Gasteiger charge is -2.14. The molecule has 0 aliphatic heterocycles. The van der Waals surface area contributed by atoms with Crippen LogP contribution in [0.4, 0.5) is 0 Å². The number of rotatable bonds is 4. The highest BCUT2D eigenvalue weighted by Gasteiger charge is 2.11. The Morgan fingerprint density at radius 2 is 1.72 bits per heavy atom. The van der Waals surface area contributed by atoms with E-state index in [9.17, 15) is 0 Å². The molecule has 1 unspecified atom stereocenters. The molecule has 18 heavy (non-hydrogen) atoms. The van der Waals surface area contributed by atoms with Crippen molar-refractivity contribution in [3.63, 3.8) is 0 Å². The van der Waals surface area contributed by atoms with Crippen molar-refractivity contribution in [1.29, 1.82) is 0 Å². The summed E-state index contributed by atoms with van der Waals surface area (Å²) in [6, 6.07) is 8.14. The van der Waals surface area contributed by atoms with Gasteiger partial charge in [0.1, 0.15) is 0 Å². The van der Waals surface area contributed by atoms with Crippen LogP contribution in [0.2, 0.25) is 0 Å². The van der Waals surface area contributed by atoms with Crippen LogP contribution in [0.15, 0.2) is 24.3 Å². The summed E-state index contributed by atoms with van der Waals surface area (Å²) in [6.45, 7) is 6.40. The van der Waals surface area contributed by atoms with Crippen molar-refractivity contribution < 1.29 is 0 Å². The van der Waals surface area contributed by atoms with Gasteiger partial charge in [-0.1, -0.05) is 26.0 Å². The quantitative estimate of drug-likeness (QED) is 0.898. The lowest BCUT2D eigenvalue weighted by atomic mass is 10.00. The number of benzene rings is 1. The van der Waals surface area contributed by atoms with Crippen LogP contribution in [-0.2, 0) is 6.42 Å². The maximum absolute atomic E-state index is 6.15. The summed E-state index contributed by atoms with van der Waals surface area (Å²) in [5.41, 5.74) is 10.1. The first-order valence-corrected chi connectivity index (χ1v) is 6.54. The van der Waals surface area contributed by atoms with Crippen LogP contribution < -0.4 is 5.73 Å². The fourth-order valence-electron chi connectivity index (χ4n) is 2.26.